The molecular formula is C26H22ClNO3S2. The number of thioether (sulfide) groups is 1. The molecule has 0 spiro atoms. The van der Waals surface area contributed by atoms with Gasteiger partial charge in [-0.1, -0.05) is 89.7 Å². The highest BCUT2D eigenvalue weighted by atomic mass is 35.5. The van der Waals surface area contributed by atoms with Gasteiger partial charge in [-0.15, -0.1) is 0 Å². The molecule has 1 aliphatic heterocycles. The number of benzene rings is 3. The molecule has 168 valence electrons. The van der Waals surface area contributed by atoms with Gasteiger partial charge in [-0.2, -0.15) is 0 Å². The number of hydrogen-bond acceptors (Lipinski definition) is 5. The molecule has 1 amide bonds. The molecule has 0 N–H and O–H groups in total. The Kier molecular flexibility index (Phi) is 7.38. The Morgan fingerprint density at radius 1 is 1.06 bits per heavy atom. The molecular weight excluding hydrogens is 474 g/mol. The summed E-state index contributed by atoms with van der Waals surface area (Å²) < 4.78 is 12.0. The van der Waals surface area contributed by atoms with Crippen molar-refractivity contribution in [3.05, 3.63) is 98.9 Å². The van der Waals surface area contributed by atoms with E-state index in [2.05, 4.69) is 0 Å². The Morgan fingerprint density at radius 3 is 2.55 bits per heavy atom. The van der Waals surface area contributed by atoms with E-state index in [9.17, 15) is 4.79 Å². The zero-order valence-electron chi connectivity index (χ0n) is 18.2. The molecule has 3 aromatic rings. The Balaban J connectivity index is 1.49. The summed E-state index contributed by atoms with van der Waals surface area (Å²) in [4.78, 5) is 15.2. The van der Waals surface area contributed by atoms with E-state index in [-0.39, 0.29) is 5.91 Å². The van der Waals surface area contributed by atoms with Gasteiger partial charge < -0.3 is 9.47 Å². The summed E-state index contributed by atoms with van der Waals surface area (Å²) >= 11 is 13.0. The number of aryl methyl sites for hydroxylation is 1. The van der Waals surface area contributed by atoms with Gasteiger partial charge in [0.15, 0.2) is 11.5 Å². The average molecular weight is 496 g/mol. The van der Waals surface area contributed by atoms with E-state index in [1.165, 1.54) is 17.3 Å². The molecule has 0 saturated carbocycles. The molecule has 4 rings (SSSR count). The molecule has 33 heavy (non-hydrogen) atoms. The lowest BCUT2D eigenvalue weighted by Gasteiger charge is -2.14. The van der Waals surface area contributed by atoms with Gasteiger partial charge in [-0.3, -0.25) is 9.69 Å². The topological polar surface area (TPSA) is 38.8 Å². The van der Waals surface area contributed by atoms with E-state index in [1.54, 1.807) is 12.0 Å². The SMILES string of the molecule is COc1cc(C=C2SC(=S)N(Cc3ccc(C)cc3)C2=O)ccc1OCc1ccccc1Cl. The van der Waals surface area contributed by atoms with Crippen molar-refractivity contribution in [1.82, 2.24) is 4.90 Å². The van der Waals surface area contributed by atoms with Crippen LogP contribution in [0, 0.1) is 6.92 Å². The maximum absolute atomic E-state index is 13.0. The molecule has 0 aromatic heterocycles. The van der Waals surface area contributed by atoms with Crippen LogP contribution in [0.3, 0.4) is 0 Å². The van der Waals surface area contributed by atoms with E-state index >= 15 is 0 Å². The number of thiocarbonyl (C=S) groups is 1. The van der Waals surface area contributed by atoms with Crippen molar-refractivity contribution in [2.75, 3.05) is 7.11 Å². The van der Waals surface area contributed by atoms with Gasteiger partial charge in [0.05, 0.1) is 18.6 Å². The first-order chi connectivity index (χ1) is 15.9. The van der Waals surface area contributed by atoms with Crippen molar-refractivity contribution in [3.8, 4) is 11.5 Å². The second-order valence-corrected chi connectivity index (χ2v) is 9.63. The fourth-order valence-electron chi connectivity index (χ4n) is 3.33. The summed E-state index contributed by atoms with van der Waals surface area (Å²) in [6.45, 7) is 2.82. The van der Waals surface area contributed by atoms with Crippen LogP contribution in [0.1, 0.15) is 22.3 Å². The Bertz CT molecular complexity index is 1220. The van der Waals surface area contributed by atoms with Crippen molar-refractivity contribution in [1.29, 1.82) is 0 Å². The highest BCUT2D eigenvalue weighted by Gasteiger charge is 2.32. The van der Waals surface area contributed by atoms with Crippen LogP contribution in [-0.2, 0) is 17.9 Å². The lowest BCUT2D eigenvalue weighted by molar-refractivity contribution is -0.122. The highest BCUT2D eigenvalue weighted by molar-refractivity contribution is 8.26. The third-order valence-corrected chi connectivity index (χ3v) is 6.91. The molecule has 0 bridgehead atoms. The van der Waals surface area contributed by atoms with Gasteiger partial charge in [0.1, 0.15) is 10.9 Å². The summed E-state index contributed by atoms with van der Waals surface area (Å²) in [5, 5.41) is 0.653. The monoisotopic (exact) mass is 495 g/mol. The maximum atomic E-state index is 13.0. The van der Waals surface area contributed by atoms with E-state index in [0.29, 0.717) is 38.9 Å². The Labute approximate surface area is 208 Å². The highest BCUT2D eigenvalue weighted by Crippen LogP contribution is 2.36. The second kappa shape index (κ2) is 10.4. The predicted molar refractivity (Wildman–Crippen MR) is 139 cm³/mol. The van der Waals surface area contributed by atoms with Gasteiger partial charge >= 0.3 is 0 Å². The molecule has 1 aliphatic rings. The minimum atomic E-state index is -0.0939. The molecule has 0 radical (unpaired) electrons. The van der Waals surface area contributed by atoms with Crippen molar-refractivity contribution in [3.63, 3.8) is 0 Å². The standard InChI is InChI=1S/C26H22ClNO3S2/c1-17-7-9-18(10-8-17)15-28-25(29)24(33-26(28)32)14-19-11-12-22(23(13-19)30-2)31-16-20-5-3-4-6-21(20)27/h3-14H,15-16H2,1-2H3. The quantitative estimate of drug-likeness (QED) is 0.271. The normalized spacial score (nSPS) is 14.8. The Hall–Kier alpha value is -2.80. The van der Waals surface area contributed by atoms with Crippen LogP contribution in [0.5, 0.6) is 11.5 Å². The molecule has 0 aliphatic carbocycles. The van der Waals surface area contributed by atoms with E-state index in [4.69, 9.17) is 33.3 Å². The van der Waals surface area contributed by atoms with Crippen LogP contribution in [0.4, 0.5) is 0 Å². The third-order valence-electron chi connectivity index (χ3n) is 5.16. The van der Waals surface area contributed by atoms with Crippen LogP contribution < -0.4 is 9.47 Å². The first-order valence-corrected chi connectivity index (χ1v) is 11.9. The predicted octanol–water partition coefficient (Wildman–Crippen LogP) is 6.64. The maximum Gasteiger partial charge on any atom is 0.266 e. The first kappa shape index (κ1) is 23.4. The summed E-state index contributed by atoms with van der Waals surface area (Å²) in [7, 11) is 1.59. The number of halogens is 1. The first-order valence-electron chi connectivity index (χ1n) is 10.3. The zero-order chi connectivity index (χ0) is 23.4. The average Bonchev–Trinajstić information content (AvgIpc) is 3.07. The van der Waals surface area contributed by atoms with Crippen molar-refractivity contribution < 1.29 is 14.3 Å². The Morgan fingerprint density at radius 2 is 1.82 bits per heavy atom. The van der Waals surface area contributed by atoms with Gasteiger partial charge in [0.25, 0.3) is 5.91 Å². The van der Waals surface area contributed by atoms with Crippen molar-refractivity contribution in [2.24, 2.45) is 0 Å². The fourth-order valence-corrected chi connectivity index (χ4v) is 4.77. The van der Waals surface area contributed by atoms with Crippen LogP contribution in [-0.4, -0.2) is 22.2 Å². The van der Waals surface area contributed by atoms with Crippen LogP contribution in [0.25, 0.3) is 6.08 Å². The van der Waals surface area contributed by atoms with Crippen LogP contribution in [0.15, 0.2) is 71.6 Å². The molecule has 4 nitrogen and oxygen atoms in total. The van der Waals surface area contributed by atoms with Gasteiger partial charge in [-0.05, 0) is 42.3 Å². The van der Waals surface area contributed by atoms with Crippen LogP contribution >= 0.6 is 35.6 Å². The molecule has 1 heterocycles. The zero-order valence-corrected chi connectivity index (χ0v) is 20.6. The number of ether oxygens (including phenoxy) is 2. The van der Waals surface area contributed by atoms with Gasteiger partial charge in [0, 0.05) is 10.6 Å². The number of carbonyl (C=O) groups is 1. The number of rotatable bonds is 7. The lowest BCUT2D eigenvalue weighted by Crippen LogP contribution is -2.27. The fraction of sp³-hybridized carbons (Fsp3) is 0.154. The summed E-state index contributed by atoms with van der Waals surface area (Å²) in [5.74, 6) is 1.08. The number of nitrogens with zero attached hydrogens (tertiary/aromatic N) is 1. The largest absolute Gasteiger partial charge is 0.493 e. The molecule has 1 saturated heterocycles. The van der Waals surface area contributed by atoms with E-state index in [1.807, 2.05) is 79.7 Å². The number of amides is 1. The van der Waals surface area contributed by atoms with E-state index < -0.39 is 0 Å². The molecule has 0 atom stereocenters. The van der Waals surface area contributed by atoms with Crippen molar-refractivity contribution in [2.45, 2.75) is 20.1 Å². The molecule has 3 aromatic carbocycles. The van der Waals surface area contributed by atoms with Gasteiger partial charge in [-0.25, -0.2) is 0 Å². The summed E-state index contributed by atoms with van der Waals surface area (Å²) in [6, 6.07) is 21.2. The van der Waals surface area contributed by atoms with E-state index in [0.717, 1.165) is 16.7 Å². The molecule has 0 unspecified atom stereocenters. The summed E-state index contributed by atoms with van der Waals surface area (Å²) in [5.41, 5.74) is 3.94. The summed E-state index contributed by atoms with van der Waals surface area (Å²) in [6.07, 6.45) is 1.83. The number of methoxy groups -OCH3 is 1. The minimum absolute atomic E-state index is 0.0939. The lowest BCUT2D eigenvalue weighted by atomic mass is 10.1. The van der Waals surface area contributed by atoms with Crippen LogP contribution in [0.2, 0.25) is 5.02 Å². The third kappa shape index (κ3) is 5.58. The molecule has 1 fully saturated rings. The smallest absolute Gasteiger partial charge is 0.266 e. The van der Waals surface area contributed by atoms with Gasteiger partial charge in [0.2, 0.25) is 0 Å². The van der Waals surface area contributed by atoms with Crippen molar-refractivity contribution >= 4 is 51.9 Å². The molecule has 7 heteroatoms. The minimum Gasteiger partial charge on any atom is -0.493 e. The number of hydrogen-bond donors (Lipinski definition) is 0. The number of carbonyl (C=O) groups excluding carboxylic acids is 1. The second-order valence-electron chi connectivity index (χ2n) is 7.54.